The number of hydrogen-bond donors (Lipinski definition) is 1. The Hall–Kier alpha value is -1.61. The second kappa shape index (κ2) is 6.23. The first kappa shape index (κ1) is 14.8. The van der Waals surface area contributed by atoms with Gasteiger partial charge in [-0.25, -0.2) is 0 Å². The van der Waals surface area contributed by atoms with Crippen LogP contribution in [0, 0.1) is 20.8 Å². The Morgan fingerprint density at radius 3 is 2.55 bits per heavy atom. The molecule has 1 unspecified atom stereocenters. The normalized spacial score (nSPS) is 12.7. The summed E-state index contributed by atoms with van der Waals surface area (Å²) < 4.78 is 2.11. The van der Waals surface area contributed by atoms with Gasteiger partial charge in [-0.1, -0.05) is 31.2 Å². The summed E-state index contributed by atoms with van der Waals surface area (Å²) in [5, 5.41) is 4.70. The molecule has 108 valence electrons. The first-order chi connectivity index (χ1) is 9.52. The second-order valence-corrected chi connectivity index (χ2v) is 5.61. The average Bonchev–Trinajstić information content (AvgIpc) is 2.69. The van der Waals surface area contributed by atoms with Crippen LogP contribution in [0.2, 0.25) is 0 Å². The van der Waals surface area contributed by atoms with Gasteiger partial charge in [-0.3, -0.25) is 4.68 Å². The lowest BCUT2D eigenvalue weighted by Gasteiger charge is -2.10. The Morgan fingerprint density at radius 1 is 1.20 bits per heavy atom. The average molecular weight is 271 g/mol. The van der Waals surface area contributed by atoms with E-state index in [9.17, 15) is 0 Å². The number of nitrogens with zero attached hydrogens (tertiary/aromatic N) is 2. The van der Waals surface area contributed by atoms with Crippen molar-refractivity contribution < 1.29 is 0 Å². The standard InChI is InChI=1S/C17H25N3/c1-5-16(18)10-17-13(3)19-20(14(17)4)11-15-9-7-6-8-12(15)2/h6-9,16H,5,10-11,18H2,1-4H3. The van der Waals surface area contributed by atoms with Gasteiger partial charge < -0.3 is 5.73 Å². The van der Waals surface area contributed by atoms with E-state index in [1.54, 1.807) is 0 Å². The number of nitrogens with two attached hydrogens (primary N) is 1. The highest BCUT2D eigenvalue weighted by atomic mass is 15.3. The lowest BCUT2D eigenvalue weighted by Crippen LogP contribution is -2.22. The Morgan fingerprint density at radius 2 is 1.90 bits per heavy atom. The molecule has 0 fully saturated rings. The first-order valence-corrected chi connectivity index (χ1v) is 7.35. The van der Waals surface area contributed by atoms with Gasteiger partial charge in [0.2, 0.25) is 0 Å². The number of benzene rings is 1. The summed E-state index contributed by atoms with van der Waals surface area (Å²) in [4.78, 5) is 0. The SMILES string of the molecule is CCC(N)Cc1c(C)nn(Cc2ccccc2C)c1C. The molecule has 0 spiro atoms. The third-order valence-corrected chi connectivity index (χ3v) is 4.10. The third kappa shape index (κ3) is 3.10. The van der Waals surface area contributed by atoms with Gasteiger partial charge in [0.15, 0.2) is 0 Å². The zero-order chi connectivity index (χ0) is 14.7. The van der Waals surface area contributed by atoms with Crippen molar-refractivity contribution in [2.24, 2.45) is 5.73 Å². The minimum Gasteiger partial charge on any atom is -0.327 e. The van der Waals surface area contributed by atoms with E-state index >= 15 is 0 Å². The summed E-state index contributed by atoms with van der Waals surface area (Å²) in [6.07, 6.45) is 1.92. The molecule has 1 heterocycles. The molecule has 0 bridgehead atoms. The quantitative estimate of drug-likeness (QED) is 0.908. The lowest BCUT2D eigenvalue weighted by molar-refractivity contribution is 0.635. The Labute approximate surface area is 121 Å². The zero-order valence-electron chi connectivity index (χ0n) is 13.0. The number of hydrogen-bond acceptors (Lipinski definition) is 2. The van der Waals surface area contributed by atoms with Crippen LogP contribution in [-0.4, -0.2) is 15.8 Å². The fraction of sp³-hybridized carbons (Fsp3) is 0.471. The van der Waals surface area contributed by atoms with E-state index in [0.29, 0.717) is 0 Å². The van der Waals surface area contributed by atoms with E-state index in [1.807, 2.05) is 0 Å². The number of rotatable bonds is 5. The minimum atomic E-state index is 0.225. The third-order valence-electron chi connectivity index (χ3n) is 4.10. The van der Waals surface area contributed by atoms with E-state index in [0.717, 1.165) is 25.1 Å². The fourth-order valence-corrected chi connectivity index (χ4v) is 2.54. The minimum absolute atomic E-state index is 0.225. The molecule has 3 heteroatoms. The first-order valence-electron chi connectivity index (χ1n) is 7.35. The smallest absolute Gasteiger partial charge is 0.0665 e. The molecule has 2 N–H and O–H groups in total. The van der Waals surface area contributed by atoms with Gasteiger partial charge in [0.05, 0.1) is 12.2 Å². The highest BCUT2D eigenvalue weighted by molar-refractivity contribution is 5.29. The molecule has 3 nitrogen and oxygen atoms in total. The van der Waals surface area contributed by atoms with Gasteiger partial charge in [0, 0.05) is 11.7 Å². The Balaban J connectivity index is 2.26. The van der Waals surface area contributed by atoms with Crippen molar-refractivity contribution in [1.29, 1.82) is 0 Å². The van der Waals surface area contributed by atoms with Crippen LogP contribution in [0.15, 0.2) is 24.3 Å². The molecule has 0 saturated carbocycles. The summed E-state index contributed by atoms with van der Waals surface area (Å²) in [7, 11) is 0. The van der Waals surface area contributed by atoms with Gasteiger partial charge >= 0.3 is 0 Å². The van der Waals surface area contributed by atoms with Crippen LogP contribution in [0.1, 0.15) is 41.4 Å². The number of aryl methyl sites for hydroxylation is 2. The summed E-state index contributed by atoms with van der Waals surface area (Å²) in [5.74, 6) is 0. The maximum Gasteiger partial charge on any atom is 0.0665 e. The molecule has 20 heavy (non-hydrogen) atoms. The lowest BCUT2D eigenvalue weighted by atomic mass is 10.0. The van der Waals surface area contributed by atoms with Crippen LogP contribution in [0.4, 0.5) is 0 Å². The Bertz CT molecular complexity index is 584. The van der Waals surface area contributed by atoms with Crippen molar-refractivity contribution in [3.8, 4) is 0 Å². The summed E-state index contributed by atoms with van der Waals surface area (Å²) >= 11 is 0. The maximum atomic E-state index is 6.09. The molecule has 1 aromatic carbocycles. The van der Waals surface area contributed by atoms with Gasteiger partial charge in [0.25, 0.3) is 0 Å². The largest absolute Gasteiger partial charge is 0.327 e. The van der Waals surface area contributed by atoms with Crippen LogP contribution < -0.4 is 5.73 Å². The molecular formula is C17H25N3. The maximum absolute atomic E-state index is 6.09. The van der Waals surface area contributed by atoms with Crippen molar-refractivity contribution in [3.05, 3.63) is 52.3 Å². The van der Waals surface area contributed by atoms with E-state index < -0.39 is 0 Å². The van der Waals surface area contributed by atoms with Gasteiger partial charge in [-0.2, -0.15) is 5.10 Å². The highest BCUT2D eigenvalue weighted by Gasteiger charge is 2.14. The van der Waals surface area contributed by atoms with E-state index in [4.69, 9.17) is 10.8 Å². The zero-order valence-corrected chi connectivity index (χ0v) is 13.0. The second-order valence-electron chi connectivity index (χ2n) is 5.61. The van der Waals surface area contributed by atoms with E-state index in [-0.39, 0.29) is 6.04 Å². The van der Waals surface area contributed by atoms with Crippen LogP contribution >= 0.6 is 0 Å². The summed E-state index contributed by atoms with van der Waals surface area (Å²) in [6, 6.07) is 8.70. The van der Waals surface area contributed by atoms with Crippen molar-refractivity contribution in [3.63, 3.8) is 0 Å². The molecule has 0 radical (unpaired) electrons. The Kier molecular flexibility index (Phi) is 4.61. The van der Waals surface area contributed by atoms with Gasteiger partial charge in [-0.15, -0.1) is 0 Å². The molecule has 0 saturated heterocycles. The summed E-state index contributed by atoms with van der Waals surface area (Å²) in [5.41, 5.74) is 12.4. The molecule has 2 rings (SSSR count). The predicted octanol–water partition coefficient (Wildman–Crippen LogP) is 3.14. The molecule has 0 aliphatic rings. The predicted molar refractivity (Wildman–Crippen MR) is 84.0 cm³/mol. The highest BCUT2D eigenvalue weighted by Crippen LogP contribution is 2.18. The molecular weight excluding hydrogens is 246 g/mol. The van der Waals surface area contributed by atoms with Crippen LogP contribution in [-0.2, 0) is 13.0 Å². The van der Waals surface area contributed by atoms with Crippen molar-refractivity contribution in [1.82, 2.24) is 9.78 Å². The fourth-order valence-electron chi connectivity index (χ4n) is 2.54. The van der Waals surface area contributed by atoms with Gasteiger partial charge in [0.1, 0.15) is 0 Å². The molecule has 1 atom stereocenters. The van der Waals surface area contributed by atoms with Crippen molar-refractivity contribution >= 4 is 0 Å². The van der Waals surface area contributed by atoms with Gasteiger partial charge in [-0.05, 0) is 50.3 Å². The van der Waals surface area contributed by atoms with Crippen molar-refractivity contribution in [2.45, 2.75) is 53.1 Å². The molecule has 1 aromatic heterocycles. The van der Waals surface area contributed by atoms with Crippen molar-refractivity contribution in [2.75, 3.05) is 0 Å². The summed E-state index contributed by atoms with van der Waals surface area (Å²) in [6.45, 7) is 9.35. The molecule has 2 aromatic rings. The van der Waals surface area contributed by atoms with Crippen LogP contribution in [0.3, 0.4) is 0 Å². The topological polar surface area (TPSA) is 43.8 Å². The van der Waals surface area contributed by atoms with Crippen LogP contribution in [0.25, 0.3) is 0 Å². The molecule has 0 amide bonds. The van der Waals surface area contributed by atoms with Crippen LogP contribution in [0.5, 0.6) is 0 Å². The monoisotopic (exact) mass is 271 g/mol. The molecule has 0 aliphatic heterocycles. The number of aromatic nitrogens is 2. The molecule has 0 aliphatic carbocycles. The van der Waals surface area contributed by atoms with E-state index in [2.05, 4.69) is 56.6 Å². The van der Waals surface area contributed by atoms with E-state index in [1.165, 1.54) is 22.4 Å².